The van der Waals surface area contributed by atoms with Crippen LogP contribution in [0, 0.1) is 5.41 Å². The van der Waals surface area contributed by atoms with Crippen LogP contribution in [0.1, 0.15) is 47.5 Å². The minimum Gasteiger partial charge on any atom is -0.394 e. The third-order valence-corrected chi connectivity index (χ3v) is 4.05. The molecule has 0 bridgehead atoms. The van der Waals surface area contributed by atoms with E-state index in [0.717, 1.165) is 12.8 Å². The number of amides is 2. The topological polar surface area (TPSA) is 81.7 Å². The Labute approximate surface area is 133 Å². The molecular weight excluding hydrogens is 282 g/mol. The van der Waals surface area contributed by atoms with Gasteiger partial charge in [-0.15, -0.1) is 0 Å². The number of hydrogen-bond donors (Lipinski definition) is 3. The second-order valence-corrected chi connectivity index (χ2v) is 7.55. The van der Waals surface area contributed by atoms with Gasteiger partial charge in [0.05, 0.1) is 13.2 Å². The molecule has 0 radical (unpaired) electrons. The fourth-order valence-electron chi connectivity index (χ4n) is 2.68. The highest BCUT2D eigenvalue weighted by Gasteiger charge is 2.35. The van der Waals surface area contributed by atoms with Crippen molar-refractivity contribution in [3.8, 4) is 0 Å². The highest BCUT2D eigenvalue weighted by Crippen LogP contribution is 2.22. The van der Waals surface area contributed by atoms with Gasteiger partial charge in [0.15, 0.2) is 0 Å². The van der Waals surface area contributed by atoms with Crippen LogP contribution in [0.3, 0.4) is 0 Å². The molecule has 0 aliphatic carbocycles. The molecule has 22 heavy (non-hydrogen) atoms. The van der Waals surface area contributed by atoms with Gasteiger partial charge in [0.25, 0.3) is 0 Å². The zero-order valence-corrected chi connectivity index (χ0v) is 14.5. The van der Waals surface area contributed by atoms with Crippen LogP contribution in [-0.2, 0) is 9.59 Å². The van der Waals surface area contributed by atoms with Crippen molar-refractivity contribution in [1.82, 2.24) is 15.5 Å². The van der Waals surface area contributed by atoms with Gasteiger partial charge in [0.2, 0.25) is 11.8 Å². The molecule has 1 fully saturated rings. The van der Waals surface area contributed by atoms with E-state index in [-0.39, 0.29) is 30.5 Å². The van der Waals surface area contributed by atoms with Crippen LogP contribution in [-0.4, -0.2) is 59.6 Å². The molecule has 6 heteroatoms. The van der Waals surface area contributed by atoms with E-state index in [9.17, 15) is 14.7 Å². The first-order valence-corrected chi connectivity index (χ1v) is 8.04. The van der Waals surface area contributed by atoms with E-state index in [2.05, 4.69) is 24.5 Å². The summed E-state index contributed by atoms with van der Waals surface area (Å²) in [4.78, 5) is 25.7. The molecule has 0 spiro atoms. The summed E-state index contributed by atoms with van der Waals surface area (Å²) in [7, 11) is 0. The molecule has 0 atom stereocenters. The molecular formula is C16H31N3O3. The predicted molar refractivity (Wildman–Crippen MR) is 86.4 cm³/mol. The van der Waals surface area contributed by atoms with Crippen molar-refractivity contribution in [2.24, 2.45) is 5.41 Å². The number of carbonyl (C=O) groups is 2. The van der Waals surface area contributed by atoms with Gasteiger partial charge < -0.3 is 20.6 Å². The maximum atomic E-state index is 12.2. The molecule has 1 rings (SSSR count). The first-order chi connectivity index (χ1) is 10.1. The number of rotatable bonds is 5. The highest BCUT2D eigenvalue weighted by molar-refractivity contribution is 5.87. The summed E-state index contributed by atoms with van der Waals surface area (Å²) in [6, 6.07) is 0.292. The average Bonchev–Trinajstić information content (AvgIpc) is 2.43. The van der Waals surface area contributed by atoms with Crippen LogP contribution in [0.2, 0.25) is 0 Å². The SMILES string of the molecule is CC(C)NC1(CO)CCN(C(=O)CNC(=O)C(C)(C)C)CC1. The van der Waals surface area contributed by atoms with E-state index in [1.165, 1.54) is 0 Å². The Morgan fingerprint density at radius 2 is 1.77 bits per heavy atom. The minimum atomic E-state index is -0.491. The summed E-state index contributed by atoms with van der Waals surface area (Å²) >= 11 is 0. The molecule has 3 N–H and O–H groups in total. The summed E-state index contributed by atoms with van der Waals surface area (Å²) in [5.74, 6) is -0.183. The van der Waals surface area contributed by atoms with Gasteiger partial charge in [-0.05, 0) is 12.8 Å². The number of piperidine rings is 1. The number of hydrogen-bond acceptors (Lipinski definition) is 4. The molecule has 0 unspecified atom stereocenters. The Morgan fingerprint density at radius 1 is 1.23 bits per heavy atom. The lowest BCUT2D eigenvalue weighted by Crippen LogP contribution is -2.59. The van der Waals surface area contributed by atoms with Gasteiger partial charge in [-0.1, -0.05) is 34.6 Å². The van der Waals surface area contributed by atoms with E-state index in [4.69, 9.17) is 0 Å². The number of nitrogens with one attached hydrogen (secondary N) is 2. The Kier molecular flexibility index (Phi) is 6.38. The van der Waals surface area contributed by atoms with Crippen molar-refractivity contribution in [3.63, 3.8) is 0 Å². The normalized spacial score (nSPS) is 18.4. The van der Waals surface area contributed by atoms with Crippen LogP contribution in [0.4, 0.5) is 0 Å². The molecule has 0 saturated carbocycles. The maximum Gasteiger partial charge on any atom is 0.241 e. The lowest BCUT2D eigenvalue weighted by molar-refractivity contribution is -0.136. The van der Waals surface area contributed by atoms with Gasteiger partial charge in [-0.3, -0.25) is 9.59 Å². The van der Waals surface area contributed by atoms with Gasteiger partial charge in [-0.25, -0.2) is 0 Å². The smallest absolute Gasteiger partial charge is 0.241 e. The van der Waals surface area contributed by atoms with Crippen LogP contribution < -0.4 is 10.6 Å². The van der Waals surface area contributed by atoms with Crippen molar-refractivity contribution >= 4 is 11.8 Å². The monoisotopic (exact) mass is 313 g/mol. The number of aliphatic hydroxyl groups excluding tert-OH is 1. The van der Waals surface area contributed by atoms with Crippen molar-refractivity contribution in [3.05, 3.63) is 0 Å². The Balaban J connectivity index is 2.47. The lowest BCUT2D eigenvalue weighted by atomic mass is 9.87. The van der Waals surface area contributed by atoms with Gasteiger partial charge >= 0.3 is 0 Å². The molecule has 2 amide bonds. The zero-order chi connectivity index (χ0) is 17.0. The van der Waals surface area contributed by atoms with Gasteiger partial charge in [-0.2, -0.15) is 0 Å². The van der Waals surface area contributed by atoms with E-state index in [1.54, 1.807) is 4.90 Å². The van der Waals surface area contributed by atoms with E-state index < -0.39 is 5.41 Å². The largest absolute Gasteiger partial charge is 0.394 e. The van der Waals surface area contributed by atoms with Gasteiger partial charge in [0.1, 0.15) is 0 Å². The van der Waals surface area contributed by atoms with E-state index in [1.807, 2.05) is 20.8 Å². The third kappa shape index (κ3) is 5.25. The molecule has 1 aliphatic rings. The summed E-state index contributed by atoms with van der Waals surface area (Å²) in [6.45, 7) is 10.9. The summed E-state index contributed by atoms with van der Waals surface area (Å²) in [5.41, 5.74) is -0.783. The molecule has 6 nitrogen and oxygen atoms in total. The first-order valence-electron chi connectivity index (χ1n) is 8.04. The van der Waals surface area contributed by atoms with Crippen LogP contribution in [0.5, 0.6) is 0 Å². The summed E-state index contributed by atoms with van der Waals surface area (Å²) in [5, 5.41) is 15.8. The van der Waals surface area contributed by atoms with Crippen molar-refractivity contribution < 1.29 is 14.7 Å². The lowest BCUT2D eigenvalue weighted by Gasteiger charge is -2.42. The molecule has 128 valence electrons. The zero-order valence-electron chi connectivity index (χ0n) is 14.5. The van der Waals surface area contributed by atoms with Crippen molar-refractivity contribution in [1.29, 1.82) is 0 Å². The van der Waals surface area contributed by atoms with Crippen molar-refractivity contribution in [2.45, 2.75) is 59.0 Å². The Hall–Kier alpha value is -1.14. The number of nitrogens with zero attached hydrogens (tertiary/aromatic N) is 1. The third-order valence-electron chi connectivity index (χ3n) is 4.05. The maximum absolute atomic E-state index is 12.2. The molecule has 0 aromatic heterocycles. The second-order valence-electron chi connectivity index (χ2n) is 7.55. The van der Waals surface area contributed by atoms with Crippen LogP contribution in [0.15, 0.2) is 0 Å². The summed E-state index contributed by atoms with van der Waals surface area (Å²) < 4.78 is 0. The Morgan fingerprint density at radius 3 is 2.18 bits per heavy atom. The molecule has 0 aromatic carbocycles. The van der Waals surface area contributed by atoms with E-state index in [0.29, 0.717) is 19.1 Å². The summed E-state index contributed by atoms with van der Waals surface area (Å²) in [6.07, 6.45) is 1.45. The number of carbonyl (C=O) groups excluding carboxylic acids is 2. The van der Waals surface area contributed by atoms with Gasteiger partial charge in [0, 0.05) is 30.1 Å². The predicted octanol–water partition coefficient (Wildman–Crippen LogP) is 0.500. The van der Waals surface area contributed by atoms with Crippen LogP contribution >= 0.6 is 0 Å². The van der Waals surface area contributed by atoms with Crippen molar-refractivity contribution in [2.75, 3.05) is 26.2 Å². The minimum absolute atomic E-state index is 0.0415. The van der Waals surface area contributed by atoms with E-state index >= 15 is 0 Å². The second kappa shape index (κ2) is 7.42. The van der Waals surface area contributed by atoms with Crippen LogP contribution in [0.25, 0.3) is 0 Å². The first kappa shape index (κ1) is 18.9. The average molecular weight is 313 g/mol. The molecule has 0 aromatic rings. The number of aliphatic hydroxyl groups is 1. The molecule has 1 heterocycles. The number of likely N-dealkylation sites (tertiary alicyclic amines) is 1. The highest BCUT2D eigenvalue weighted by atomic mass is 16.3. The molecule has 1 saturated heterocycles. The fraction of sp³-hybridized carbons (Fsp3) is 0.875. The fourth-order valence-corrected chi connectivity index (χ4v) is 2.68. The Bertz CT molecular complexity index is 394. The quantitative estimate of drug-likeness (QED) is 0.690. The standard InChI is InChI=1S/C16H31N3O3/c1-12(2)18-16(11-20)6-8-19(9-7-16)13(21)10-17-14(22)15(3,4)5/h12,18,20H,6-11H2,1-5H3,(H,17,22). The molecule has 1 aliphatic heterocycles.